The molecular formula is C17H18Cl2N2O2S. The molecule has 1 atom stereocenters. The summed E-state index contributed by atoms with van der Waals surface area (Å²) in [6, 6.07) is 6.76. The molecule has 0 aliphatic rings. The zero-order chi connectivity index (χ0) is 17.5. The average molecular weight is 385 g/mol. The van der Waals surface area contributed by atoms with Gasteiger partial charge in [-0.05, 0) is 42.5 Å². The van der Waals surface area contributed by atoms with Crippen molar-refractivity contribution < 1.29 is 9.59 Å². The summed E-state index contributed by atoms with van der Waals surface area (Å²) >= 11 is 13.5. The minimum Gasteiger partial charge on any atom is -0.352 e. The molecule has 0 saturated carbocycles. The number of amides is 2. The zero-order valence-corrected chi connectivity index (χ0v) is 15.5. The van der Waals surface area contributed by atoms with Gasteiger partial charge in [-0.1, -0.05) is 29.3 Å². The van der Waals surface area contributed by atoms with Crippen molar-refractivity contribution in [1.29, 1.82) is 0 Å². The quantitative estimate of drug-likeness (QED) is 0.693. The van der Waals surface area contributed by atoms with Crippen LogP contribution in [0.2, 0.25) is 10.0 Å². The molecular weight excluding hydrogens is 367 g/mol. The Morgan fingerprint density at radius 2 is 2.04 bits per heavy atom. The van der Waals surface area contributed by atoms with Crippen LogP contribution in [0, 0.1) is 0 Å². The van der Waals surface area contributed by atoms with Gasteiger partial charge in [0.1, 0.15) is 0 Å². The van der Waals surface area contributed by atoms with Crippen molar-refractivity contribution in [3.63, 3.8) is 0 Å². The van der Waals surface area contributed by atoms with Gasteiger partial charge in [-0.3, -0.25) is 9.59 Å². The van der Waals surface area contributed by atoms with Gasteiger partial charge in [0.15, 0.2) is 0 Å². The third-order valence-corrected chi connectivity index (χ3v) is 4.70. The fourth-order valence-corrected chi connectivity index (χ4v) is 3.40. The minimum absolute atomic E-state index is 0.0849. The fourth-order valence-electron chi connectivity index (χ4n) is 2.19. The van der Waals surface area contributed by atoms with Crippen LogP contribution in [0.1, 0.15) is 41.7 Å². The Hall–Kier alpha value is -1.56. The Labute approximate surface area is 155 Å². The lowest BCUT2D eigenvalue weighted by atomic mass is 10.1. The number of benzene rings is 1. The summed E-state index contributed by atoms with van der Waals surface area (Å²) in [5.74, 6) is -0.198. The molecule has 24 heavy (non-hydrogen) atoms. The predicted molar refractivity (Wildman–Crippen MR) is 98.9 cm³/mol. The summed E-state index contributed by atoms with van der Waals surface area (Å²) in [6.07, 6.45) is 0.905. The summed E-state index contributed by atoms with van der Waals surface area (Å²) in [5, 5.41) is 10.4. The van der Waals surface area contributed by atoms with E-state index in [-0.39, 0.29) is 17.9 Å². The number of carbonyl (C=O) groups excluding carboxylic acids is 2. The van der Waals surface area contributed by atoms with Gasteiger partial charge in [-0.2, -0.15) is 11.3 Å². The number of nitrogens with one attached hydrogen (secondary N) is 2. The molecule has 0 saturated heterocycles. The summed E-state index contributed by atoms with van der Waals surface area (Å²) in [5.41, 5.74) is 1.47. The normalized spacial score (nSPS) is 11.8. The largest absolute Gasteiger partial charge is 0.352 e. The van der Waals surface area contributed by atoms with Crippen LogP contribution in [0.5, 0.6) is 0 Å². The lowest BCUT2D eigenvalue weighted by molar-refractivity contribution is -0.121. The van der Waals surface area contributed by atoms with Gasteiger partial charge in [0.2, 0.25) is 5.91 Å². The Bertz CT molecular complexity index is 705. The molecule has 4 nitrogen and oxygen atoms in total. The van der Waals surface area contributed by atoms with Gasteiger partial charge in [0.05, 0.1) is 6.04 Å². The Balaban J connectivity index is 1.72. The second-order valence-electron chi connectivity index (χ2n) is 5.33. The highest BCUT2D eigenvalue weighted by atomic mass is 35.5. The first-order valence-corrected chi connectivity index (χ1v) is 9.22. The summed E-state index contributed by atoms with van der Waals surface area (Å²) in [6.45, 7) is 2.32. The van der Waals surface area contributed by atoms with Crippen molar-refractivity contribution in [2.75, 3.05) is 6.54 Å². The molecule has 2 aromatic rings. The van der Waals surface area contributed by atoms with Crippen molar-refractivity contribution in [2.24, 2.45) is 0 Å². The van der Waals surface area contributed by atoms with Crippen LogP contribution in [-0.4, -0.2) is 18.4 Å². The van der Waals surface area contributed by atoms with Gasteiger partial charge in [-0.25, -0.2) is 0 Å². The van der Waals surface area contributed by atoms with E-state index in [0.29, 0.717) is 35.0 Å². The molecule has 1 aromatic heterocycles. The van der Waals surface area contributed by atoms with Crippen molar-refractivity contribution in [3.8, 4) is 0 Å². The van der Waals surface area contributed by atoms with Gasteiger partial charge >= 0.3 is 0 Å². The second kappa shape index (κ2) is 9.06. The molecule has 0 bridgehead atoms. The van der Waals surface area contributed by atoms with Crippen molar-refractivity contribution in [2.45, 2.75) is 25.8 Å². The highest BCUT2D eigenvalue weighted by Gasteiger charge is 2.13. The van der Waals surface area contributed by atoms with Gasteiger partial charge in [-0.15, -0.1) is 0 Å². The van der Waals surface area contributed by atoms with Crippen LogP contribution in [0.3, 0.4) is 0 Å². The van der Waals surface area contributed by atoms with Crippen molar-refractivity contribution in [1.82, 2.24) is 10.6 Å². The Kier molecular flexibility index (Phi) is 7.09. The first-order valence-electron chi connectivity index (χ1n) is 7.52. The summed E-state index contributed by atoms with van der Waals surface area (Å²) in [4.78, 5) is 23.7. The SMILES string of the molecule is C[C@H](NC(=O)CCCNC(=O)c1ccsc1)c1ccc(Cl)cc1Cl. The van der Waals surface area contributed by atoms with Crippen LogP contribution >= 0.6 is 34.5 Å². The van der Waals surface area contributed by atoms with Crippen molar-refractivity contribution in [3.05, 3.63) is 56.2 Å². The fraction of sp³-hybridized carbons (Fsp3) is 0.294. The molecule has 2 rings (SSSR count). The molecule has 0 radical (unpaired) electrons. The Morgan fingerprint density at radius 1 is 1.25 bits per heavy atom. The number of halogens is 2. The van der Waals surface area contributed by atoms with Crippen LogP contribution in [0.4, 0.5) is 0 Å². The molecule has 1 aromatic carbocycles. The lowest BCUT2D eigenvalue weighted by Gasteiger charge is -2.16. The van der Waals surface area contributed by atoms with Crippen LogP contribution < -0.4 is 10.6 Å². The molecule has 0 spiro atoms. The molecule has 128 valence electrons. The maximum atomic E-state index is 12.0. The first-order chi connectivity index (χ1) is 11.5. The number of carbonyl (C=O) groups is 2. The lowest BCUT2D eigenvalue weighted by Crippen LogP contribution is -2.29. The molecule has 0 fully saturated rings. The second-order valence-corrected chi connectivity index (χ2v) is 6.95. The molecule has 1 heterocycles. The van der Waals surface area contributed by atoms with E-state index in [2.05, 4.69) is 10.6 Å². The van der Waals surface area contributed by atoms with E-state index in [0.717, 1.165) is 5.56 Å². The van der Waals surface area contributed by atoms with E-state index < -0.39 is 0 Å². The highest BCUT2D eigenvalue weighted by Crippen LogP contribution is 2.26. The standard InChI is InChI=1S/C17H18Cl2N2O2S/c1-11(14-5-4-13(18)9-15(14)19)21-16(22)3-2-7-20-17(23)12-6-8-24-10-12/h4-6,8-11H,2-3,7H2,1H3,(H,20,23)(H,21,22)/t11-/m0/s1. The predicted octanol–water partition coefficient (Wildman–Crippen LogP) is 4.44. The molecule has 0 aliphatic heterocycles. The van der Waals surface area contributed by atoms with E-state index in [1.54, 1.807) is 29.6 Å². The molecule has 2 N–H and O–H groups in total. The number of hydrogen-bond donors (Lipinski definition) is 2. The highest BCUT2D eigenvalue weighted by molar-refractivity contribution is 7.08. The van der Waals surface area contributed by atoms with E-state index in [4.69, 9.17) is 23.2 Å². The number of thiophene rings is 1. The Morgan fingerprint density at radius 3 is 2.71 bits per heavy atom. The van der Waals surface area contributed by atoms with Crippen LogP contribution in [-0.2, 0) is 4.79 Å². The van der Waals surface area contributed by atoms with E-state index in [1.807, 2.05) is 12.3 Å². The summed E-state index contributed by atoms with van der Waals surface area (Å²) < 4.78 is 0. The number of hydrogen-bond acceptors (Lipinski definition) is 3. The average Bonchev–Trinajstić information content (AvgIpc) is 3.05. The van der Waals surface area contributed by atoms with Crippen LogP contribution in [0.25, 0.3) is 0 Å². The van der Waals surface area contributed by atoms with E-state index in [9.17, 15) is 9.59 Å². The smallest absolute Gasteiger partial charge is 0.252 e. The molecule has 2 amide bonds. The molecule has 0 unspecified atom stereocenters. The van der Waals surface area contributed by atoms with E-state index >= 15 is 0 Å². The van der Waals surface area contributed by atoms with E-state index in [1.165, 1.54) is 11.3 Å². The third kappa shape index (κ3) is 5.51. The maximum Gasteiger partial charge on any atom is 0.252 e. The monoisotopic (exact) mass is 384 g/mol. The summed E-state index contributed by atoms with van der Waals surface area (Å²) in [7, 11) is 0. The van der Waals surface area contributed by atoms with Gasteiger partial charge in [0, 0.05) is 34.0 Å². The van der Waals surface area contributed by atoms with Crippen LogP contribution in [0.15, 0.2) is 35.0 Å². The number of rotatable bonds is 7. The van der Waals surface area contributed by atoms with Gasteiger partial charge in [0.25, 0.3) is 5.91 Å². The third-order valence-electron chi connectivity index (χ3n) is 3.46. The first kappa shape index (κ1) is 18.8. The molecule has 7 heteroatoms. The minimum atomic E-state index is -0.206. The zero-order valence-electron chi connectivity index (χ0n) is 13.1. The maximum absolute atomic E-state index is 12.0. The topological polar surface area (TPSA) is 58.2 Å². The van der Waals surface area contributed by atoms with Crippen molar-refractivity contribution >= 4 is 46.4 Å². The van der Waals surface area contributed by atoms with Gasteiger partial charge < -0.3 is 10.6 Å². The molecule has 0 aliphatic carbocycles.